The van der Waals surface area contributed by atoms with Crippen molar-refractivity contribution < 1.29 is 0 Å². The Bertz CT molecular complexity index is 828. The minimum Gasteiger partial charge on any atom is -0.296 e. The SMILES string of the molecule is Cc1nc(CN2CCN(Cc3c(C)sc4ccccc34)CC2)cs1. The summed E-state index contributed by atoms with van der Waals surface area (Å²) in [7, 11) is 0. The number of fused-ring (bicyclic) bond motifs is 1. The number of hydrogen-bond acceptors (Lipinski definition) is 5. The van der Waals surface area contributed by atoms with E-state index in [1.165, 1.54) is 31.2 Å². The first-order valence-electron chi connectivity index (χ1n) is 8.52. The first-order valence-corrected chi connectivity index (χ1v) is 10.2. The summed E-state index contributed by atoms with van der Waals surface area (Å²) in [6.07, 6.45) is 0. The smallest absolute Gasteiger partial charge is 0.0897 e. The lowest BCUT2D eigenvalue weighted by Crippen LogP contribution is -2.45. The lowest BCUT2D eigenvalue weighted by Gasteiger charge is -2.34. The summed E-state index contributed by atoms with van der Waals surface area (Å²) in [5, 5.41) is 4.81. The summed E-state index contributed by atoms with van der Waals surface area (Å²) in [5.41, 5.74) is 2.75. The molecule has 1 aromatic carbocycles. The number of aromatic nitrogens is 1. The second-order valence-corrected chi connectivity index (χ2v) is 8.86. The lowest BCUT2D eigenvalue weighted by atomic mass is 10.1. The van der Waals surface area contributed by atoms with Gasteiger partial charge in [0, 0.05) is 54.2 Å². The maximum Gasteiger partial charge on any atom is 0.0897 e. The van der Waals surface area contributed by atoms with E-state index in [1.807, 2.05) is 11.3 Å². The fourth-order valence-electron chi connectivity index (χ4n) is 3.46. The third-order valence-electron chi connectivity index (χ3n) is 4.80. The van der Waals surface area contributed by atoms with E-state index >= 15 is 0 Å². The van der Waals surface area contributed by atoms with Crippen molar-refractivity contribution in [3.05, 3.63) is 50.8 Å². The van der Waals surface area contributed by atoms with Crippen LogP contribution in [0.4, 0.5) is 0 Å². The van der Waals surface area contributed by atoms with Gasteiger partial charge in [-0.2, -0.15) is 0 Å². The highest BCUT2D eigenvalue weighted by atomic mass is 32.1. The predicted molar refractivity (Wildman–Crippen MR) is 104 cm³/mol. The van der Waals surface area contributed by atoms with Crippen LogP contribution in [0.15, 0.2) is 29.6 Å². The van der Waals surface area contributed by atoms with Crippen molar-refractivity contribution in [3.63, 3.8) is 0 Å². The Hall–Kier alpha value is -1.27. The topological polar surface area (TPSA) is 19.4 Å². The summed E-state index contributed by atoms with van der Waals surface area (Å²) in [4.78, 5) is 11.2. The van der Waals surface area contributed by atoms with Gasteiger partial charge in [-0.1, -0.05) is 18.2 Å². The molecule has 3 heterocycles. The standard InChI is InChI=1S/C19H23N3S2/c1-14-18(17-5-3-4-6-19(17)24-14)12-22-9-7-21(8-10-22)11-16-13-23-15(2)20-16/h3-6,13H,7-12H2,1-2H3. The summed E-state index contributed by atoms with van der Waals surface area (Å²) >= 11 is 3.68. The normalized spacial score (nSPS) is 16.9. The van der Waals surface area contributed by atoms with Crippen LogP contribution < -0.4 is 0 Å². The van der Waals surface area contributed by atoms with Gasteiger partial charge in [0.05, 0.1) is 10.7 Å². The van der Waals surface area contributed by atoms with E-state index in [2.05, 4.69) is 58.3 Å². The second kappa shape index (κ2) is 6.92. The van der Waals surface area contributed by atoms with Crippen molar-refractivity contribution in [2.45, 2.75) is 26.9 Å². The molecule has 0 amide bonds. The molecule has 1 aliphatic rings. The summed E-state index contributed by atoms with van der Waals surface area (Å²) in [6, 6.07) is 8.81. The van der Waals surface area contributed by atoms with Crippen molar-refractivity contribution in [1.29, 1.82) is 0 Å². The molecule has 0 radical (unpaired) electrons. The molecule has 1 saturated heterocycles. The monoisotopic (exact) mass is 357 g/mol. The summed E-state index contributed by atoms with van der Waals surface area (Å²) < 4.78 is 1.42. The third-order valence-corrected chi connectivity index (χ3v) is 6.75. The first kappa shape index (κ1) is 16.2. The average Bonchev–Trinajstić information content (AvgIpc) is 3.13. The number of nitrogens with zero attached hydrogens (tertiary/aromatic N) is 3. The number of rotatable bonds is 4. The molecule has 1 aliphatic heterocycles. The molecule has 0 atom stereocenters. The Morgan fingerprint density at radius 3 is 2.42 bits per heavy atom. The van der Waals surface area contributed by atoms with Crippen LogP contribution in [-0.2, 0) is 13.1 Å². The van der Waals surface area contributed by atoms with Crippen LogP contribution in [0.2, 0.25) is 0 Å². The number of thiazole rings is 1. The highest BCUT2D eigenvalue weighted by Crippen LogP contribution is 2.31. The first-order chi connectivity index (χ1) is 11.7. The van der Waals surface area contributed by atoms with Crippen molar-refractivity contribution >= 4 is 32.8 Å². The van der Waals surface area contributed by atoms with E-state index in [9.17, 15) is 0 Å². The van der Waals surface area contributed by atoms with Gasteiger partial charge in [-0.3, -0.25) is 9.80 Å². The van der Waals surface area contributed by atoms with Gasteiger partial charge in [-0.15, -0.1) is 22.7 Å². The molecule has 5 heteroatoms. The van der Waals surface area contributed by atoms with E-state index in [1.54, 1.807) is 11.3 Å². The summed E-state index contributed by atoms with van der Waals surface area (Å²) in [5.74, 6) is 0. The van der Waals surface area contributed by atoms with E-state index < -0.39 is 0 Å². The maximum atomic E-state index is 4.59. The molecule has 3 aromatic rings. The van der Waals surface area contributed by atoms with Crippen LogP contribution in [-0.4, -0.2) is 41.0 Å². The predicted octanol–water partition coefficient (Wildman–Crippen LogP) is 4.29. The van der Waals surface area contributed by atoms with Gasteiger partial charge in [0.15, 0.2) is 0 Å². The molecule has 4 rings (SSSR count). The molecule has 0 aliphatic carbocycles. The zero-order chi connectivity index (χ0) is 16.5. The van der Waals surface area contributed by atoms with Gasteiger partial charge < -0.3 is 0 Å². The molecule has 126 valence electrons. The van der Waals surface area contributed by atoms with Crippen molar-refractivity contribution in [2.24, 2.45) is 0 Å². The third kappa shape index (κ3) is 3.40. The average molecular weight is 358 g/mol. The fourth-order valence-corrected chi connectivity index (χ4v) is 5.14. The molecule has 2 aromatic heterocycles. The minimum absolute atomic E-state index is 0.999. The Morgan fingerprint density at radius 1 is 1.00 bits per heavy atom. The zero-order valence-corrected chi connectivity index (χ0v) is 15.9. The molecule has 0 bridgehead atoms. The number of hydrogen-bond donors (Lipinski definition) is 0. The lowest BCUT2D eigenvalue weighted by molar-refractivity contribution is 0.121. The van der Waals surface area contributed by atoms with Crippen molar-refractivity contribution in [1.82, 2.24) is 14.8 Å². The Morgan fingerprint density at radius 2 is 1.71 bits per heavy atom. The Kier molecular flexibility index (Phi) is 4.68. The van der Waals surface area contributed by atoms with Crippen LogP contribution in [0.25, 0.3) is 10.1 Å². The van der Waals surface area contributed by atoms with Crippen LogP contribution in [0, 0.1) is 13.8 Å². The highest BCUT2D eigenvalue weighted by molar-refractivity contribution is 7.19. The molecule has 3 nitrogen and oxygen atoms in total. The molecule has 0 spiro atoms. The van der Waals surface area contributed by atoms with Crippen molar-refractivity contribution in [2.75, 3.05) is 26.2 Å². The van der Waals surface area contributed by atoms with Gasteiger partial charge in [0.1, 0.15) is 0 Å². The highest BCUT2D eigenvalue weighted by Gasteiger charge is 2.19. The van der Waals surface area contributed by atoms with Crippen LogP contribution in [0.1, 0.15) is 21.1 Å². The van der Waals surface area contributed by atoms with Crippen LogP contribution >= 0.6 is 22.7 Å². The van der Waals surface area contributed by atoms with Gasteiger partial charge in [0.25, 0.3) is 0 Å². The van der Waals surface area contributed by atoms with Gasteiger partial charge >= 0.3 is 0 Å². The van der Waals surface area contributed by atoms with Crippen molar-refractivity contribution in [3.8, 4) is 0 Å². The number of benzene rings is 1. The molecule has 24 heavy (non-hydrogen) atoms. The Balaban J connectivity index is 1.38. The van der Waals surface area contributed by atoms with Gasteiger partial charge in [-0.25, -0.2) is 4.98 Å². The molecular formula is C19H23N3S2. The minimum atomic E-state index is 0.999. The quantitative estimate of drug-likeness (QED) is 0.694. The Labute approximate surface area is 151 Å². The summed E-state index contributed by atoms with van der Waals surface area (Å²) in [6.45, 7) is 11.0. The maximum absolute atomic E-state index is 4.59. The fraction of sp³-hybridized carbons (Fsp3) is 0.421. The molecule has 0 N–H and O–H groups in total. The van der Waals surface area contributed by atoms with E-state index in [4.69, 9.17) is 0 Å². The molecular weight excluding hydrogens is 334 g/mol. The number of piperazine rings is 1. The van der Waals surface area contributed by atoms with E-state index in [-0.39, 0.29) is 0 Å². The van der Waals surface area contributed by atoms with Gasteiger partial charge in [-0.05, 0) is 30.9 Å². The zero-order valence-electron chi connectivity index (χ0n) is 14.3. The largest absolute Gasteiger partial charge is 0.296 e. The van der Waals surface area contributed by atoms with Crippen LogP contribution in [0.5, 0.6) is 0 Å². The van der Waals surface area contributed by atoms with Gasteiger partial charge in [0.2, 0.25) is 0 Å². The molecule has 0 saturated carbocycles. The second-order valence-electron chi connectivity index (χ2n) is 6.54. The molecule has 0 unspecified atom stereocenters. The number of aryl methyl sites for hydroxylation is 2. The number of thiophene rings is 1. The van der Waals surface area contributed by atoms with E-state index in [0.29, 0.717) is 0 Å². The molecule has 1 fully saturated rings. The van der Waals surface area contributed by atoms with Crippen LogP contribution in [0.3, 0.4) is 0 Å². The van der Waals surface area contributed by atoms with E-state index in [0.717, 1.165) is 39.3 Å².